The Labute approximate surface area is 94.9 Å². The van der Waals surface area contributed by atoms with Crippen molar-refractivity contribution in [2.24, 2.45) is 0 Å². The van der Waals surface area contributed by atoms with E-state index in [2.05, 4.69) is 5.32 Å². The van der Waals surface area contributed by atoms with E-state index in [-0.39, 0.29) is 18.4 Å². The van der Waals surface area contributed by atoms with E-state index in [1.165, 1.54) is 0 Å². The number of benzene rings is 1. The zero-order chi connectivity index (χ0) is 11.4. The van der Waals surface area contributed by atoms with Crippen LogP contribution in [0.5, 0.6) is 11.5 Å². The lowest BCUT2D eigenvalue weighted by Crippen LogP contribution is -2.23. The van der Waals surface area contributed by atoms with Crippen LogP contribution >= 0.6 is 0 Å². The Kier molecular flexibility index (Phi) is 3.64. The molecular formula is C12H17NO3. The first kappa shape index (κ1) is 11.2. The number of rotatable bonds is 5. The van der Waals surface area contributed by atoms with Crippen molar-refractivity contribution in [1.82, 2.24) is 5.32 Å². The number of hydrogen-bond donors (Lipinski definition) is 3. The highest BCUT2D eigenvalue weighted by atomic mass is 16.5. The normalized spacial score (nSPS) is 18.2. The lowest BCUT2D eigenvalue weighted by molar-refractivity contribution is 0.278. The van der Waals surface area contributed by atoms with Gasteiger partial charge in [0, 0.05) is 18.2 Å². The first-order valence-corrected chi connectivity index (χ1v) is 5.61. The van der Waals surface area contributed by atoms with Crippen molar-refractivity contribution >= 4 is 0 Å². The Hall–Kier alpha value is -1.26. The summed E-state index contributed by atoms with van der Waals surface area (Å²) in [5.74, 6) is 0.999. The SMILES string of the molecule is OCCCCNC1COc2cc(O)ccc21. The molecule has 2 rings (SSSR count). The quantitative estimate of drug-likeness (QED) is 0.656. The molecule has 0 bridgehead atoms. The van der Waals surface area contributed by atoms with Crippen LogP contribution in [-0.2, 0) is 0 Å². The molecule has 1 unspecified atom stereocenters. The van der Waals surface area contributed by atoms with E-state index in [4.69, 9.17) is 9.84 Å². The van der Waals surface area contributed by atoms with Crippen LogP contribution in [0.25, 0.3) is 0 Å². The highest BCUT2D eigenvalue weighted by Crippen LogP contribution is 2.34. The maximum absolute atomic E-state index is 9.30. The van der Waals surface area contributed by atoms with Gasteiger partial charge >= 0.3 is 0 Å². The minimum atomic E-state index is 0.203. The zero-order valence-electron chi connectivity index (χ0n) is 9.15. The summed E-state index contributed by atoms with van der Waals surface area (Å²) in [6, 6.07) is 5.41. The first-order valence-electron chi connectivity index (χ1n) is 5.61. The summed E-state index contributed by atoms with van der Waals surface area (Å²) in [6.45, 7) is 1.72. The Bertz CT molecular complexity index is 354. The molecule has 3 N–H and O–H groups in total. The predicted octanol–water partition coefficient (Wildman–Crippen LogP) is 1.19. The minimum absolute atomic E-state index is 0.203. The highest BCUT2D eigenvalue weighted by Gasteiger charge is 2.23. The maximum atomic E-state index is 9.30. The van der Waals surface area contributed by atoms with Gasteiger partial charge in [0.05, 0.1) is 6.04 Å². The molecular weight excluding hydrogens is 206 g/mol. The molecule has 0 saturated heterocycles. The molecule has 0 amide bonds. The molecule has 1 aliphatic heterocycles. The number of nitrogens with one attached hydrogen (secondary N) is 1. The fraction of sp³-hybridized carbons (Fsp3) is 0.500. The van der Waals surface area contributed by atoms with Crippen LogP contribution in [0.4, 0.5) is 0 Å². The average Bonchev–Trinajstić information content (AvgIpc) is 2.67. The van der Waals surface area contributed by atoms with Crippen LogP contribution in [0.15, 0.2) is 18.2 Å². The molecule has 1 heterocycles. The monoisotopic (exact) mass is 223 g/mol. The Balaban J connectivity index is 1.91. The Morgan fingerprint density at radius 1 is 1.38 bits per heavy atom. The molecule has 4 heteroatoms. The van der Waals surface area contributed by atoms with Gasteiger partial charge < -0.3 is 20.3 Å². The van der Waals surface area contributed by atoms with Crippen LogP contribution in [0.1, 0.15) is 24.4 Å². The summed E-state index contributed by atoms with van der Waals surface area (Å²) < 4.78 is 5.48. The topological polar surface area (TPSA) is 61.7 Å². The second kappa shape index (κ2) is 5.18. The Morgan fingerprint density at radius 2 is 2.25 bits per heavy atom. The highest BCUT2D eigenvalue weighted by molar-refractivity contribution is 5.44. The number of fused-ring (bicyclic) bond motifs is 1. The summed E-state index contributed by atoms with van der Waals surface area (Å²) in [7, 11) is 0. The number of unbranched alkanes of at least 4 members (excludes halogenated alkanes) is 1. The lowest BCUT2D eigenvalue weighted by Gasteiger charge is -2.10. The molecule has 0 aromatic heterocycles. The van der Waals surface area contributed by atoms with Gasteiger partial charge in [-0.15, -0.1) is 0 Å². The van der Waals surface area contributed by atoms with E-state index in [1.54, 1.807) is 12.1 Å². The van der Waals surface area contributed by atoms with Gasteiger partial charge in [-0.3, -0.25) is 0 Å². The number of hydrogen-bond acceptors (Lipinski definition) is 4. The molecule has 1 atom stereocenters. The van der Waals surface area contributed by atoms with Gasteiger partial charge in [-0.05, 0) is 31.5 Å². The molecule has 0 spiro atoms. The number of ether oxygens (including phenoxy) is 1. The van der Waals surface area contributed by atoms with Gasteiger partial charge in [0.1, 0.15) is 18.1 Å². The Morgan fingerprint density at radius 3 is 3.06 bits per heavy atom. The summed E-state index contributed by atoms with van der Waals surface area (Å²) in [6.07, 6.45) is 1.78. The third kappa shape index (κ3) is 2.46. The summed E-state index contributed by atoms with van der Waals surface area (Å²) in [5.41, 5.74) is 1.10. The largest absolute Gasteiger partial charge is 0.508 e. The third-order valence-electron chi connectivity index (χ3n) is 2.75. The number of aliphatic hydroxyl groups is 1. The molecule has 1 aromatic rings. The van der Waals surface area contributed by atoms with Crippen molar-refractivity contribution < 1.29 is 14.9 Å². The van der Waals surface area contributed by atoms with Crippen molar-refractivity contribution in [3.63, 3.8) is 0 Å². The van der Waals surface area contributed by atoms with Crippen LogP contribution in [0.3, 0.4) is 0 Å². The van der Waals surface area contributed by atoms with Crippen LogP contribution in [0.2, 0.25) is 0 Å². The van der Waals surface area contributed by atoms with Gasteiger partial charge in [0.2, 0.25) is 0 Å². The first-order chi connectivity index (χ1) is 7.81. The van der Waals surface area contributed by atoms with E-state index in [9.17, 15) is 5.11 Å². The lowest BCUT2D eigenvalue weighted by atomic mass is 10.1. The molecule has 4 nitrogen and oxygen atoms in total. The molecule has 16 heavy (non-hydrogen) atoms. The number of phenols is 1. The van der Waals surface area contributed by atoms with Gasteiger partial charge in [0.15, 0.2) is 0 Å². The van der Waals surface area contributed by atoms with Gasteiger partial charge in [0.25, 0.3) is 0 Å². The molecule has 1 aliphatic rings. The van der Waals surface area contributed by atoms with E-state index in [0.29, 0.717) is 6.61 Å². The molecule has 0 radical (unpaired) electrons. The van der Waals surface area contributed by atoms with Crippen LogP contribution < -0.4 is 10.1 Å². The summed E-state index contributed by atoms with van der Waals surface area (Å²) in [5, 5.41) is 21.3. The van der Waals surface area contributed by atoms with Crippen LogP contribution in [-0.4, -0.2) is 30.0 Å². The second-order valence-corrected chi connectivity index (χ2v) is 3.97. The standard InChI is InChI=1S/C12H17NO3/c14-6-2-1-5-13-11-8-16-12-7-9(15)3-4-10(11)12/h3-4,7,11,13-15H,1-2,5-6,8H2. The second-order valence-electron chi connectivity index (χ2n) is 3.97. The third-order valence-corrected chi connectivity index (χ3v) is 2.75. The summed E-state index contributed by atoms with van der Waals surface area (Å²) in [4.78, 5) is 0. The van der Waals surface area contributed by atoms with E-state index >= 15 is 0 Å². The number of phenolic OH excluding ortho intramolecular Hbond substituents is 1. The van der Waals surface area contributed by atoms with Crippen molar-refractivity contribution in [2.45, 2.75) is 18.9 Å². The van der Waals surface area contributed by atoms with Gasteiger partial charge in [-0.25, -0.2) is 0 Å². The minimum Gasteiger partial charge on any atom is -0.508 e. The van der Waals surface area contributed by atoms with E-state index < -0.39 is 0 Å². The molecule has 0 aliphatic carbocycles. The summed E-state index contributed by atoms with van der Waals surface area (Å²) >= 11 is 0. The fourth-order valence-corrected chi connectivity index (χ4v) is 1.88. The van der Waals surface area contributed by atoms with Gasteiger partial charge in [-0.2, -0.15) is 0 Å². The molecule has 1 aromatic carbocycles. The molecule has 0 fully saturated rings. The molecule has 88 valence electrons. The van der Waals surface area contributed by atoms with Crippen molar-refractivity contribution in [3.05, 3.63) is 23.8 Å². The van der Waals surface area contributed by atoms with Crippen LogP contribution in [0, 0.1) is 0 Å². The average molecular weight is 223 g/mol. The smallest absolute Gasteiger partial charge is 0.127 e. The molecule has 0 saturated carbocycles. The van der Waals surface area contributed by atoms with Gasteiger partial charge in [-0.1, -0.05) is 0 Å². The fourth-order valence-electron chi connectivity index (χ4n) is 1.88. The number of aromatic hydroxyl groups is 1. The zero-order valence-corrected chi connectivity index (χ0v) is 9.15. The van der Waals surface area contributed by atoms with E-state index in [0.717, 1.165) is 30.7 Å². The van der Waals surface area contributed by atoms with Crippen molar-refractivity contribution in [2.75, 3.05) is 19.8 Å². The van der Waals surface area contributed by atoms with E-state index in [1.807, 2.05) is 6.07 Å². The predicted molar refractivity (Wildman–Crippen MR) is 60.7 cm³/mol. The maximum Gasteiger partial charge on any atom is 0.127 e. The van der Waals surface area contributed by atoms with Crippen molar-refractivity contribution in [3.8, 4) is 11.5 Å². The number of aliphatic hydroxyl groups excluding tert-OH is 1. The van der Waals surface area contributed by atoms with Crippen molar-refractivity contribution in [1.29, 1.82) is 0 Å².